The minimum Gasteiger partial charge on any atom is -0.454 e. The Balaban J connectivity index is 1.45. The Hall–Kier alpha value is -3.91. The SMILES string of the molecule is CN(C)CCNC(=O)c1cccc(-c2ccc3ncc(-c4ccc5c(c4)OCO5)n3n2)c1. The molecular weight excluding hydrogens is 406 g/mol. The summed E-state index contributed by atoms with van der Waals surface area (Å²) < 4.78 is 12.7. The maximum absolute atomic E-state index is 12.5. The molecule has 3 heterocycles. The molecule has 0 aliphatic carbocycles. The summed E-state index contributed by atoms with van der Waals surface area (Å²) in [4.78, 5) is 19.0. The Morgan fingerprint density at radius 3 is 2.81 bits per heavy atom. The molecule has 4 aromatic rings. The zero-order valence-electron chi connectivity index (χ0n) is 17.9. The lowest BCUT2D eigenvalue weighted by Gasteiger charge is -2.11. The van der Waals surface area contributed by atoms with Crippen molar-refractivity contribution in [1.82, 2.24) is 24.8 Å². The molecular formula is C24H23N5O3. The minimum absolute atomic E-state index is 0.0987. The van der Waals surface area contributed by atoms with Crippen molar-refractivity contribution in [1.29, 1.82) is 0 Å². The van der Waals surface area contributed by atoms with Gasteiger partial charge in [-0.05, 0) is 56.6 Å². The highest BCUT2D eigenvalue weighted by Crippen LogP contribution is 2.36. The summed E-state index contributed by atoms with van der Waals surface area (Å²) in [7, 11) is 3.95. The monoisotopic (exact) mass is 429 g/mol. The van der Waals surface area contributed by atoms with Crippen molar-refractivity contribution in [3.63, 3.8) is 0 Å². The van der Waals surface area contributed by atoms with Crippen molar-refractivity contribution in [3.8, 4) is 34.0 Å². The summed E-state index contributed by atoms with van der Waals surface area (Å²) in [5.74, 6) is 1.34. The van der Waals surface area contributed by atoms with Crippen LogP contribution in [0.5, 0.6) is 11.5 Å². The van der Waals surface area contributed by atoms with Gasteiger partial charge in [-0.3, -0.25) is 4.79 Å². The van der Waals surface area contributed by atoms with Crippen molar-refractivity contribution in [2.75, 3.05) is 34.0 Å². The number of nitrogens with one attached hydrogen (secondary N) is 1. The summed E-state index contributed by atoms with van der Waals surface area (Å²) in [6.45, 7) is 1.61. The fourth-order valence-corrected chi connectivity index (χ4v) is 3.59. The van der Waals surface area contributed by atoms with Gasteiger partial charge < -0.3 is 19.7 Å². The topological polar surface area (TPSA) is 81.0 Å². The molecule has 0 fully saturated rings. The quantitative estimate of drug-likeness (QED) is 0.507. The molecule has 0 saturated heterocycles. The number of fused-ring (bicyclic) bond motifs is 2. The molecule has 0 unspecified atom stereocenters. The van der Waals surface area contributed by atoms with E-state index < -0.39 is 0 Å². The second-order valence-corrected chi connectivity index (χ2v) is 7.84. The van der Waals surface area contributed by atoms with E-state index in [-0.39, 0.29) is 12.7 Å². The van der Waals surface area contributed by atoms with Gasteiger partial charge in [-0.2, -0.15) is 5.10 Å². The Kier molecular flexibility index (Phi) is 5.20. The lowest BCUT2D eigenvalue weighted by atomic mass is 10.1. The third kappa shape index (κ3) is 3.88. The Morgan fingerprint density at radius 2 is 1.94 bits per heavy atom. The van der Waals surface area contributed by atoms with Gasteiger partial charge in [0.25, 0.3) is 5.91 Å². The van der Waals surface area contributed by atoms with Gasteiger partial charge in [-0.15, -0.1) is 0 Å². The third-order valence-electron chi connectivity index (χ3n) is 5.30. The number of aromatic nitrogens is 3. The number of ether oxygens (including phenoxy) is 2. The minimum atomic E-state index is -0.0987. The van der Waals surface area contributed by atoms with Gasteiger partial charge in [0.2, 0.25) is 6.79 Å². The molecule has 8 nitrogen and oxygen atoms in total. The molecule has 8 heteroatoms. The molecule has 0 atom stereocenters. The summed E-state index contributed by atoms with van der Waals surface area (Å²) in [5.41, 5.74) is 4.72. The van der Waals surface area contributed by atoms with Crippen LogP contribution in [0.15, 0.2) is 60.8 Å². The van der Waals surface area contributed by atoms with E-state index in [1.807, 2.05) is 73.6 Å². The molecule has 1 amide bonds. The van der Waals surface area contributed by atoms with Crippen LogP contribution < -0.4 is 14.8 Å². The number of hydrogen-bond acceptors (Lipinski definition) is 6. The highest BCUT2D eigenvalue weighted by atomic mass is 16.7. The van der Waals surface area contributed by atoms with Crippen molar-refractivity contribution < 1.29 is 14.3 Å². The number of benzene rings is 2. The van der Waals surface area contributed by atoms with Crippen LogP contribution in [0.3, 0.4) is 0 Å². The lowest BCUT2D eigenvalue weighted by Crippen LogP contribution is -2.31. The van der Waals surface area contributed by atoms with Crippen LogP contribution in [0, 0.1) is 0 Å². The van der Waals surface area contributed by atoms with Crippen LogP contribution in [0.2, 0.25) is 0 Å². The van der Waals surface area contributed by atoms with E-state index in [4.69, 9.17) is 14.6 Å². The van der Waals surface area contributed by atoms with Gasteiger partial charge in [-0.1, -0.05) is 12.1 Å². The first kappa shape index (κ1) is 20.0. The van der Waals surface area contributed by atoms with Crippen LogP contribution in [-0.4, -0.2) is 59.4 Å². The molecule has 2 aromatic carbocycles. The maximum Gasteiger partial charge on any atom is 0.251 e. The van der Waals surface area contributed by atoms with Crippen molar-refractivity contribution in [2.24, 2.45) is 0 Å². The predicted octanol–water partition coefficient (Wildman–Crippen LogP) is 3.08. The zero-order chi connectivity index (χ0) is 22.1. The lowest BCUT2D eigenvalue weighted by molar-refractivity contribution is 0.0951. The summed E-state index contributed by atoms with van der Waals surface area (Å²) >= 11 is 0. The number of carbonyl (C=O) groups excluding carboxylic acids is 1. The largest absolute Gasteiger partial charge is 0.454 e. The molecule has 1 aliphatic rings. The van der Waals surface area contributed by atoms with E-state index in [2.05, 4.69) is 10.3 Å². The van der Waals surface area contributed by atoms with E-state index in [1.54, 1.807) is 10.7 Å². The molecule has 0 radical (unpaired) electrons. The number of nitrogens with zero attached hydrogens (tertiary/aromatic N) is 4. The van der Waals surface area contributed by atoms with Crippen molar-refractivity contribution in [2.45, 2.75) is 0 Å². The van der Waals surface area contributed by atoms with Crippen molar-refractivity contribution >= 4 is 11.6 Å². The summed E-state index contributed by atoms with van der Waals surface area (Å²) in [6.07, 6.45) is 1.79. The maximum atomic E-state index is 12.5. The molecule has 5 rings (SSSR count). The van der Waals surface area contributed by atoms with Gasteiger partial charge in [0.1, 0.15) is 0 Å². The highest BCUT2D eigenvalue weighted by molar-refractivity contribution is 5.95. The number of imidazole rings is 1. The standard InChI is InChI=1S/C24H23N5O3/c1-28(2)11-10-25-24(30)18-5-3-4-16(12-18)19-7-9-23-26-14-20(29(23)27-19)17-6-8-21-22(13-17)32-15-31-21/h3-9,12-14H,10-11,15H2,1-2H3,(H,25,30). The fraction of sp³-hybridized carbons (Fsp3) is 0.208. The summed E-state index contributed by atoms with van der Waals surface area (Å²) in [5, 5.41) is 7.75. The van der Waals surface area contributed by atoms with Crippen LogP contribution in [0.1, 0.15) is 10.4 Å². The first-order valence-corrected chi connectivity index (χ1v) is 10.4. The predicted molar refractivity (Wildman–Crippen MR) is 121 cm³/mol. The Bertz CT molecular complexity index is 1300. The van der Waals surface area contributed by atoms with E-state index in [0.717, 1.165) is 40.5 Å². The first-order valence-electron chi connectivity index (χ1n) is 10.4. The van der Waals surface area contributed by atoms with E-state index in [1.165, 1.54) is 0 Å². The summed E-state index contributed by atoms with van der Waals surface area (Å²) in [6, 6.07) is 17.1. The molecule has 1 N–H and O–H groups in total. The molecule has 0 spiro atoms. The van der Waals surface area contributed by atoms with Gasteiger partial charge in [-0.25, -0.2) is 9.50 Å². The Morgan fingerprint density at radius 1 is 1.06 bits per heavy atom. The van der Waals surface area contributed by atoms with Gasteiger partial charge in [0, 0.05) is 29.8 Å². The molecule has 0 bridgehead atoms. The normalized spacial score (nSPS) is 12.5. The van der Waals surface area contributed by atoms with E-state index in [9.17, 15) is 4.79 Å². The number of carbonyl (C=O) groups is 1. The van der Waals surface area contributed by atoms with E-state index >= 15 is 0 Å². The van der Waals surface area contributed by atoms with Gasteiger partial charge in [0.15, 0.2) is 17.1 Å². The fourth-order valence-electron chi connectivity index (χ4n) is 3.59. The molecule has 1 aliphatic heterocycles. The second-order valence-electron chi connectivity index (χ2n) is 7.84. The van der Waals surface area contributed by atoms with Crippen molar-refractivity contribution in [3.05, 3.63) is 66.4 Å². The highest BCUT2D eigenvalue weighted by Gasteiger charge is 2.16. The number of amides is 1. The second kappa shape index (κ2) is 8.32. The van der Waals surface area contributed by atoms with Crippen LogP contribution in [-0.2, 0) is 0 Å². The molecule has 2 aromatic heterocycles. The van der Waals surface area contributed by atoms with Crippen LogP contribution in [0.25, 0.3) is 28.2 Å². The third-order valence-corrected chi connectivity index (χ3v) is 5.30. The van der Waals surface area contributed by atoms with Crippen LogP contribution in [0.4, 0.5) is 0 Å². The first-order chi connectivity index (χ1) is 15.6. The number of likely N-dealkylation sites (N-methyl/N-ethyl adjacent to an activating group) is 1. The smallest absolute Gasteiger partial charge is 0.251 e. The van der Waals surface area contributed by atoms with Crippen LogP contribution >= 0.6 is 0 Å². The average Bonchev–Trinajstić information content (AvgIpc) is 3.44. The molecule has 162 valence electrons. The molecule has 32 heavy (non-hydrogen) atoms. The van der Waals surface area contributed by atoms with Gasteiger partial charge in [0.05, 0.1) is 17.6 Å². The Labute approximate surface area is 185 Å². The van der Waals surface area contributed by atoms with Gasteiger partial charge >= 0.3 is 0 Å². The molecule has 0 saturated carbocycles. The zero-order valence-corrected chi connectivity index (χ0v) is 17.9. The van der Waals surface area contributed by atoms with E-state index in [0.29, 0.717) is 17.9 Å². The average molecular weight is 429 g/mol. The number of hydrogen-bond donors (Lipinski definition) is 1. The number of rotatable bonds is 6.